The second-order valence-corrected chi connectivity index (χ2v) is 9.15. The number of rotatable bonds is 23. The van der Waals surface area contributed by atoms with Crippen molar-refractivity contribution in [2.45, 2.75) is 149 Å². The van der Waals surface area contributed by atoms with Crippen LogP contribution in [0.5, 0.6) is 0 Å². The minimum Gasteiger partial charge on any atom is -0.366 e. The molecule has 1 amide bonds. The van der Waals surface area contributed by atoms with Crippen LogP contribution < -0.4 is 5.73 Å². The summed E-state index contributed by atoms with van der Waals surface area (Å²) in [6.45, 7) is 4.05. The fraction of sp³-hybridized carbons (Fsp3) is 0.821. The summed E-state index contributed by atoms with van der Waals surface area (Å²) in [6.07, 6.45) is 35.4. The number of unbranched alkanes of at least 4 members (excludes halogenated alkanes) is 20. The highest BCUT2D eigenvalue weighted by Gasteiger charge is 1.95. The molecule has 0 saturated carbocycles. The fourth-order valence-corrected chi connectivity index (χ4v) is 3.91. The molecular formula is C28H53NO. The molecule has 0 saturated heterocycles. The van der Waals surface area contributed by atoms with E-state index >= 15 is 0 Å². The topological polar surface area (TPSA) is 43.1 Å². The zero-order valence-corrected chi connectivity index (χ0v) is 20.6. The van der Waals surface area contributed by atoms with E-state index in [0.717, 1.165) is 6.42 Å². The van der Waals surface area contributed by atoms with Crippen LogP contribution in [0.2, 0.25) is 0 Å². The van der Waals surface area contributed by atoms with Gasteiger partial charge in [-0.2, -0.15) is 0 Å². The van der Waals surface area contributed by atoms with Gasteiger partial charge in [0.1, 0.15) is 0 Å². The molecule has 0 radical (unpaired) electrons. The lowest BCUT2D eigenvalue weighted by molar-refractivity contribution is -0.114. The molecule has 0 bridgehead atoms. The summed E-state index contributed by atoms with van der Waals surface area (Å²) in [5, 5.41) is 0. The lowest BCUT2D eigenvalue weighted by Crippen LogP contribution is -2.11. The first-order chi connectivity index (χ1) is 14.7. The number of nitrogens with two attached hydrogens (primary N) is 1. The van der Waals surface area contributed by atoms with E-state index in [9.17, 15) is 4.79 Å². The Labute approximate surface area is 189 Å². The Kier molecular flexibility index (Phi) is 23.4. The zero-order valence-electron chi connectivity index (χ0n) is 20.6. The average Bonchev–Trinajstić information content (AvgIpc) is 2.74. The highest BCUT2D eigenvalue weighted by Crippen LogP contribution is 2.15. The van der Waals surface area contributed by atoms with Crippen LogP contribution in [0.3, 0.4) is 0 Å². The van der Waals surface area contributed by atoms with E-state index in [2.05, 4.69) is 13.0 Å². The van der Waals surface area contributed by atoms with Gasteiger partial charge in [0.15, 0.2) is 0 Å². The highest BCUT2D eigenvalue weighted by atomic mass is 16.1. The lowest BCUT2D eigenvalue weighted by Gasteiger charge is -2.04. The summed E-state index contributed by atoms with van der Waals surface area (Å²) in [5.41, 5.74) is 5.81. The van der Waals surface area contributed by atoms with Crippen LogP contribution in [0, 0.1) is 0 Å². The van der Waals surface area contributed by atoms with E-state index < -0.39 is 0 Å². The van der Waals surface area contributed by atoms with Gasteiger partial charge in [-0.3, -0.25) is 4.79 Å². The molecule has 0 rings (SSSR count). The van der Waals surface area contributed by atoms with Crippen LogP contribution in [0.15, 0.2) is 23.8 Å². The van der Waals surface area contributed by atoms with Crippen molar-refractivity contribution in [3.05, 3.63) is 23.8 Å². The van der Waals surface area contributed by atoms with E-state index in [1.807, 2.05) is 6.08 Å². The molecule has 0 unspecified atom stereocenters. The van der Waals surface area contributed by atoms with Crippen LogP contribution in [-0.2, 0) is 4.79 Å². The van der Waals surface area contributed by atoms with Crippen molar-refractivity contribution in [2.75, 3.05) is 0 Å². The van der Waals surface area contributed by atoms with E-state index in [1.165, 1.54) is 128 Å². The Balaban J connectivity index is 3.14. The van der Waals surface area contributed by atoms with Crippen molar-refractivity contribution in [2.24, 2.45) is 5.73 Å². The molecule has 176 valence electrons. The zero-order chi connectivity index (χ0) is 22.1. The van der Waals surface area contributed by atoms with Crippen LogP contribution in [-0.4, -0.2) is 5.91 Å². The summed E-state index contributed by atoms with van der Waals surface area (Å²) in [6, 6.07) is 0. The van der Waals surface area contributed by atoms with Gasteiger partial charge in [-0.25, -0.2) is 0 Å². The third-order valence-electron chi connectivity index (χ3n) is 6.10. The summed E-state index contributed by atoms with van der Waals surface area (Å²) in [4.78, 5) is 10.9. The summed E-state index contributed by atoms with van der Waals surface area (Å²) in [5.74, 6) is -0.335. The largest absolute Gasteiger partial charge is 0.366 e. The molecule has 0 atom stereocenters. The van der Waals surface area contributed by atoms with Crippen LogP contribution in [0.1, 0.15) is 149 Å². The van der Waals surface area contributed by atoms with E-state index in [-0.39, 0.29) is 5.91 Å². The highest BCUT2D eigenvalue weighted by molar-refractivity contribution is 5.91. The molecule has 0 aromatic carbocycles. The monoisotopic (exact) mass is 419 g/mol. The van der Waals surface area contributed by atoms with Crippen LogP contribution >= 0.6 is 0 Å². The van der Waals surface area contributed by atoms with E-state index in [0.29, 0.717) is 5.57 Å². The quantitative estimate of drug-likeness (QED) is 0.100. The fourth-order valence-electron chi connectivity index (χ4n) is 3.91. The molecule has 0 spiro atoms. The molecule has 2 nitrogen and oxygen atoms in total. The molecule has 0 aliphatic heterocycles. The minimum atomic E-state index is -0.335. The third-order valence-corrected chi connectivity index (χ3v) is 6.10. The molecule has 0 aromatic rings. The first-order valence-corrected chi connectivity index (χ1v) is 13.3. The van der Waals surface area contributed by atoms with Gasteiger partial charge in [0.05, 0.1) is 0 Å². The molecular weight excluding hydrogens is 366 g/mol. The number of hydrogen-bond acceptors (Lipinski definition) is 1. The minimum absolute atomic E-state index is 0.335. The van der Waals surface area contributed by atoms with Crippen LogP contribution in [0.25, 0.3) is 0 Å². The van der Waals surface area contributed by atoms with Crippen molar-refractivity contribution < 1.29 is 4.79 Å². The van der Waals surface area contributed by atoms with Gasteiger partial charge < -0.3 is 5.73 Å². The van der Waals surface area contributed by atoms with Gasteiger partial charge in [0.2, 0.25) is 5.91 Å². The van der Waals surface area contributed by atoms with Crippen molar-refractivity contribution in [3.63, 3.8) is 0 Å². The first-order valence-electron chi connectivity index (χ1n) is 13.3. The molecule has 0 aliphatic rings. The maximum Gasteiger partial charge on any atom is 0.244 e. The molecule has 2 N–H and O–H groups in total. The van der Waals surface area contributed by atoms with Gasteiger partial charge in [-0.15, -0.1) is 0 Å². The van der Waals surface area contributed by atoms with Crippen molar-refractivity contribution >= 4 is 5.91 Å². The van der Waals surface area contributed by atoms with Gasteiger partial charge >= 0.3 is 0 Å². The number of hydrogen-bond donors (Lipinski definition) is 1. The summed E-state index contributed by atoms with van der Waals surface area (Å²) in [7, 11) is 0. The van der Waals surface area contributed by atoms with Crippen LogP contribution in [0.4, 0.5) is 0 Å². The predicted molar refractivity (Wildman–Crippen MR) is 135 cm³/mol. The lowest BCUT2D eigenvalue weighted by atomic mass is 10.0. The average molecular weight is 420 g/mol. The molecule has 0 aliphatic carbocycles. The number of allylic oxidation sites excluding steroid dienone is 3. The molecule has 0 heterocycles. The maximum atomic E-state index is 10.9. The second kappa shape index (κ2) is 24.2. The Morgan fingerprint density at radius 2 is 0.933 bits per heavy atom. The molecule has 30 heavy (non-hydrogen) atoms. The maximum absolute atomic E-state index is 10.9. The number of carbonyl (C=O) groups excluding carboxylic acids is 1. The van der Waals surface area contributed by atoms with Gasteiger partial charge in [-0.1, -0.05) is 147 Å². The van der Waals surface area contributed by atoms with E-state index in [1.54, 1.807) is 13.0 Å². The Bertz CT molecular complexity index is 424. The number of carbonyl (C=O) groups is 1. The Morgan fingerprint density at radius 3 is 1.27 bits per heavy atom. The summed E-state index contributed by atoms with van der Waals surface area (Å²) < 4.78 is 0. The van der Waals surface area contributed by atoms with E-state index in [4.69, 9.17) is 5.73 Å². The number of primary amides is 1. The molecule has 0 aromatic heterocycles. The predicted octanol–water partition coefficient (Wildman–Crippen LogP) is 9.19. The van der Waals surface area contributed by atoms with Crippen molar-refractivity contribution in [1.82, 2.24) is 0 Å². The van der Waals surface area contributed by atoms with Gasteiger partial charge in [0.25, 0.3) is 0 Å². The molecule has 0 fully saturated rings. The van der Waals surface area contributed by atoms with Gasteiger partial charge in [0, 0.05) is 5.57 Å². The number of amides is 1. The normalized spacial score (nSPS) is 12.1. The SMILES string of the molecule is CCCCCCCCCCCCCCCCCCCCCC/C=C/C=C(\C)C(N)=O. The molecule has 2 heteroatoms. The van der Waals surface area contributed by atoms with Gasteiger partial charge in [-0.05, 0) is 19.8 Å². The third kappa shape index (κ3) is 23.2. The summed E-state index contributed by atoms with van der Waals surface area (Å²) >= 11 is 0. The van der Waals surface area contributed by atoms with Crippen molar-refractivity contribution in [3.8, 4) is 0 Å². The smallest absolute Gasteiger partial charge is 0.244 e. The standard InChI is InChI=1S/C28H53NO/c1-3-4-5-6-7-8-9-10-11-12-13-14-15-16-17-18-19-20-21-22-23-24-25-26-27(2)28(29)30/h24-26H,3-23H2,1-2H3,(H2,29,30)/b25-24+,27-26+. The second-order valence-electron chi connectivity index (χ2n) is 9.15. The Morgan fingerprint density at radius 1 is 0.600 bits per heavy atom. The Hall–Kier alpha value is -1.05. The van der Waals surface area contributed by atoms with Crippen molar-refractivity contribution in [1.29, 1.82) is 0 Å². The first kappa shape index (κ1) is 28.9.